The van der Waals surface area contributed by atoms with E-state index in [1.165, 1.54) is 5.56 Å². The van der Waals surface area contributed by atoms with Crippen LogP contribution in [0.5, 0.6) is 0 Å². The second kappa shape index (κ2) is 7.56. The van der Waals surface area contributed by atoms with Crippen molar-refractivity contribution in [2.75, 3.05) is 0 Å². The van der Waals surface area contributed by atoms with Gasteiger partial charge in [0, 0.05) is 37.9 Å². The molecule has 0 saturated heterocycles. The Morgan fingerprint density at radius 1 is 1.00 bits per heavy atom. The van der Waals surface area contributed by atoms with Crippen molar-refractivity contribution in [3.8, 4) is 0 Å². The lowest BCUT2D eigenvalue weighted by molar-refractivity contribution is 0.206. The van der Waals surface area contributed by atoms with E-state index in [2.05, 4.69) is 34.2 Å². The smallest absolute Gasteiger partial charge is 0.0949 e. The van der Waals surface area contributed by atoms with E-state index >= 15 is 0 Å². The zero-order chi connectivity index (χ0) is 15.9. The third kappa shape index (κ3) is 4.66. The van der Waals surface area contributed by atoms with E-state index in [9.17, 15) is 5.11 Å². The van der Waals surface area contributed by atoms with Crippen molar-refractivity contribution in [3.63, 3.8) is 0 Å². The Morgan fingerprint density at radius 2 is 1.70 bits per heavy atom. The number of imidazole rings is 2. The maximum absolute atomic E-state index is 10.0. The minimum atomic E-state index is -0.456. The first-order valence-corrected chi connectivity index (χ1v) is 7.66. The summed E-state index contributed by atoms with van der Waals surface area (Å²) in [6.45, 7) is 1.58. The molecule has 0 bridgehead atoms. The highest BCUT2D eigenvalue weighted by molar-refractivity contribution is 5.50. The molecular weight excluding hydrogens is 288 g/mol. The molecule has 1 aromatic carbocycles. The topological polar surface area (TPSA) is 55.9 Å². The number of aliphatic hydroxyl groups is 1. The highest BCUT2D eigenvalue weighted by Gasteiger charge is 2.00. The van der Waals surface area contributed by atoms with E-state index in [0.717, 1.165) is 18.7 Å². The Hall–Kier alpha value is -2.66. The molecule has 5 nitrogen and oxygen atoms in total. The summed E-state index contributed by atoms with van der Waals surface area (Å²) in [6.07, 6.45) is 14.9. The molecule has 23 heavy (non-hydrogen) atoms. The highest BCUT2D eigenvalue weighted by Crippen LogP contribution is 2.09. The zero-order valence-corrected chi connectivity index (χ0v) is 12.9. The predicted molar refractivity (Wildman–Crippen MR) is 89.7 cm³/mol. The lowest BCUT2D eigenvalue weighted by Gasteiger charge is -2.06. The summed E-state index contributed by atoms with van der Waals surface area (Å²) >= 11 is 0. The van der Waals surface area contributed by atoms with E-state index in [0.29, 0.717) is 6.42 Å². The SMILES string of the molecule is OC(/C=C/c1ccc(Cn2ccnc2)cc1)CCn1ccnc1. The van der Waals surface area contributed by atoms with Gasteiger partial charge in [0.05, 0.1) is 18.8 Å². The van der Waals surface area contributed by atoms with Gasteiger partial charge in [-0.15, -0.1) is 0 Å². The average Bonchev–Trinajstić information content (AvgIpc) is 3.26. The molecule has 1 N–H and O–H groups in total. The van der Waals surface area contributed by atoms with Crippen LogP contribution in [-0.2, 0) is 13.1 Å². The molecule has 0 aliphatic rings. The van der Waals surface area contributed by atoms with E-state index in [1.807, 2.05) is 40.0 Å². The molecular formula is C18H20N4O. The van der Waals surface area contributed by atoms with Crippen molar-refractivity contribution >= 4 is 6.08 Å². The summed E-state index contributed by atoms with van der Waals surface area (Å²) in [5.41, 5.74) is 2.31. The van der Waals surface area contributed by atoms with Gasteiger partial charge in [-0.3, -0.25) is 0 Å². The molecule has 3 aromatic rings. The molecule has 118 valence electrons. The number of aliphatic hydroxyl groups excluding tert-OH is 1. The third-order valence-electron chi connectivity index (χ3n) is 3.66. The molecule has 2 aromatic heterocycles. The Balaban J connectivity index is 1.50. The fourth-order valence-electron chi connectivity index (χ4n) is 2.34. The van der Waals surface area contributed by atoms with Gasteiger partial charge in [-0.2, -0.15) is 0 Å². The monoisotopic (exact) mass is 308 g/mol. The van der Waals surface area contributed by atoms with Crippen LogP contribution >= 0.6 is 0 Å². The number of rotatable bonds is 7. The van der Waals surface area contributed by atoms with Crippen LogP contribution in [-0.4, -0.2) is 30.3 Å². The van der Waals surface area contributed by atoms with Crippen LogP contribution in [0, 0.1) is 0 Å². The number of nitrogens with zero attached hydrogens (tertiary/aromatic N) is 4. The molecule has 0 saturated carbocycles. The van der Waals surface area contributed by atoms with Gasteiger partial charge in [0.2, 0.25) is 0 Å². The van der Waals surface area contributed by atoms with Gasteiger partial charge in [-0.25, -0.2) is 9.97 Å². The van der Waals surface area contributed by atoms with Crippen LogP contribution in [0.25, 0.3) is 6.08 Å². The van der Waals surface area contributed by atoms with Gasteiger partial charge in [-0.1, -0.05) is 36.4 Å². The number of hydrogen-bond donors (Lipinski definition) is 1. The molecule has 0 aliphatic carbocycles. The van der Waals surface area contributed by atoms with Crippen molar-refractivity contribution in [2.45, 2.75) is 25.6 Å². The lowest BCUT2D eigenvalue weighted by atomic mass is 10.1. The number of aryl methyl sites for hydroxylation is 1. The maximum Gasteiger partial charge on any atom is 0.0949 e. The standard InChI is InChI=1S/C18H20N4O/c23-18(7-10-21-11-8-19-14-21)6-5-16-1-3-17(4-2-16)13-22-12-9-20-15-22/h1-6,8-9,11-12,14-15,18,23H,7,10,13H2/b6-5+. The quantitative estimate of drug-likeness (QED) is 0.730. The van der Waals surface area contributed by atoms with Gasteiger partial charge in [0.25, 0.3) is 0 Å². The minimum Gasteiger partial charge on any atom is -0.389 e. The third-order valence-corrected chi connectivity index (χ3v) is 3.66. The van der Waals surface area contributed by atoms with E-state index in [4.69, 9.17) is 0 Å². The highest BCUT2D eigenvalue weighted by atomic mass is 16.3. The molecule has 3 rings (SSSR count). The minimum absolute atomic E-state index is 0.456. The second-order valence-electron chi connectivity index (χ2n) is 5.49. The molecule has 2 heterocycles. The normalized spacial score (nSPS) is 12.7. The fourth-order valence-corrected chi connectivity index (χ4v) is 2.34. The molecule has 1 unspecified atom stereocenters. The maximum atomic E-state index is 10.0. The van der Waals surface area contributed by atoms with Crippen LogP contribution in [0.4, 0.5) is 0 Å². The van der Waals surface area contributed by atoms with Crippen LogP contribution < -0.4 is 0 Å². The van der Waals surface area contributed by atoms with Gasteiger partial charge < -0.3 is 14.2 Å². The first kappa shape index (κ1) is 15.2. The molecule has 5 heteroatoms. The van der Waals surface area contributed by atoms with Gasteiger partial charge in [0.1, 0.15) is 0 Å². The summed E-state index contributed by atoms with van der Waals surface area (Å²) < 4.78 is 3.99. The molecule has 0 amide bonds. The van der Waals surface area contributed by atoms with Gasteiger partial charge in [-0.05, 0) is 17.5 Å². The predicted octanol–water partition coefficient (Wildman–Crippen LogP) is 2.59. The molecule has 1 atom stereocenters. The van der Waals surface area contributed by atoms with Crippen molar-refractivity contribution in [1.29, 1.82) is 0 Å². The first-order valence-electron chi connectivity index (χ1n) is 7.66. The number of benzene rings is 1. The van der Waals surface area contributed by atoms with E-state index in [1.54, 1.807) is 18.7 Å². The van der Waals surface area contributed by atoms with Crippen molar-refractivity contribution in [2.24, 2.45) is 0 Å². The Kier molecular flexibility index (Phi) is 5.01. The molecule has 0 aliphatic heterocycles. The molecule has 0 radical (unpaired) electrons. The van der Waals surface area contributed by atoms with Gasteiger partial charge in [0.15, 0.2) is 0 Å². The Bertz CT molecular complexity index is 715. The number of hydrogen-bond acceptors (Lipinski definition) is 3. The summed E-state index contributed by atoms with van der Waals surface area (Å²) in [4.78, 5) is 8.03. The van der Waals surface area contributed by atoms with E-state index < -0.39 is 6.10 Å². The summed E-state index contributed by atoms with van der Waals surface area (Å²) in [5, 5.41) is 10.0. The summed E-state index contributed by atoms with van der Waals surface area (Å²) in [6, 6.07) is 8.31. The van der Waals surface area contributed by atoms with Crippen LogP contribution in [0.15, 0.2) is 67.8 Å². The van der Waals surface area contributed by atoms with Crippen LogP contribution in [0.2, 0.25) is 0 Å². The van der Waals surface area contributed by atoms with Crippen LogP contribution in [0.1, 0.15) is 17.5 Å². The first-order chi connectivity index (χ1) is 11.3. The van der Waals surface area contributed by atoms with Crippen molar-refractivity contribution in [3.05, 3.63) is 78.9 Å². The Labute approximate surface area is 135 Å². The lowest BCUT2D eigenvalue weighted by Crippen LogP contribution is -2.07. The average molecular weight is 308 g/mol. The summed E-state index contributed by atoms with van der Waals surface area (Å²) in [5.74, 6) is 0. The van der Waals surface area contributed by atoms with E-state index in [-0.39, 0.29) is 0 Å². The second-order valence-corrected chi connectivity index (χ2v) is 5.49. The van der Waals surface area contributed by atoms with Crippen LogP contribution in [0.3, 0.4) is 0 Å². The largest absolute Gasteiger partial charge is 0.389 e. The van der Waals surface area contributed by atoms with Gasteiger partial charge >= 0.3 is 0 Å². The summed E-state index contributed by atoms with van der Waals surface area (Å²) in [7, 11) is 0. The van der Waals surface area contributed by atoms with Crippen molar-refractivity contribution < 1.29 is 5.11 Å². The molecule has 0 fully saturated rings. The number of aromatic nitrogens is 4. The fraction of sp³-hybridized carbons (Fsp3) is 0.222. The zero-order valence-electron chi connectivity index (χ0n) is 12.9. The van der Waals surface area contributed by atoms with Crippen molar-refractivity contribution in [1.82, 2.24) is 19.1 Å². The molecule has 0 spiro atoms. The Morgan fingerprint density at radius 3 is 2.35 bits per heavy atom.